The van der Waals surface area contributed by atoms with E-state index in [1.165, 1.54) is 0 Å². The Kier molecular flexibility index (Phi) is 2.35. The molecular weight excluding hydrogens is 186 g/mol. The minimum Gasteiger partial charge on any atom is -0.376 e. The summed E-state index contributed by atoms with van der Waals surface area (Å²) in [6.45, 7) is 3.94. The van der Waals surface area contributed by atoms with Crippen molar-refractivity contribution in [3.05, 3.63) is 47.7 Å². The normalized spacial score (nSPS) is 24.5. The summed E-state index contributed by atoms with van der Waals surface area (Å²) in [5, 5.41) is 3.24. The second-order valence-electron chi connectivity index (χ2n) is 4.24. The summed E-state index contributed by atoms with van der Waals surface area (Å²) in [6, 6.07) is 9.44. The van der Waals surface area contributed by atoms with Crippen LogP contribution in [0.4, 0.5) is 0 Å². The number of rotatable bonds is 2. The molecule has 0 aromatic heterocycles. The zero-order valence-corrected chi connectivity index (χ0v) is 9.08. The van der Waals surface area contributed by atoms with E-state index in [0.29, 0.717) is 0 Å². The van der Waals surface area contributed by atoms with Gasteiger partial charge in [-0.1, -0.05) is 36.4 Å². The highest BCUT2D eigenvalue weighted by Gasteiger charge is 2.35. The van der Waals surface area contributed by atoms with Gasteiger partial charge >= 0.3 is 0 Å². The average molecular weight is 201 g/mol. The first kappa shape index (κ1) is 9.97. The lowest BCUT2D eigenvalue weighted by molar-refractivity contribution is 0.0886. The fourth-order valence-electron chi connectivity index (χ4n) is 1.95. The van der Waals surface area contributed by atoms with Crippen molar-refractivity contribution in [3.63, 3.8) is 0 Å². The SMILES string of the molecule is CC1=CCC(C)(C(=O)c2ccccc2)N1. The maximum absolute atomic E-state index is 12.2. The lowest BCUT2D eigenvalue weighted by Gasteiger charge is -2.24. The Balaban J connectivity index is 2.23. The van der Waals surface area contributed by atoms with E-state index in [-0.39, 0.29) is 5.78 Å². The van der Waals surface area contributed by atoms with Gasteiger partial charge in [0.25, 0.3) is 0 Å². The van der Waals surface area contributed by atoms with E-state index in [1.807, 2.05) is 44.2 Å². The number of carbonyl (C=O) groups is 1. The molecule has 0 bridgehead atoms. The summed E-state index contributed by atoms with van der Waals surface area (Å²) in [4.78, 5) is 12.2. The van der Waals surface area contributed by atoms with Crippen LogP contribution in [0.2, 0.25) is 0 Å². The number of hydrogen-bond donors (Lipinski definition) is 1. The second-order valence-corrected chi connectivity index (χ2v) is 4.24. The molecular formula is C13H15NO. The molecule has 1 atom stereocenters. The van der Waals surface area contributed by atoms with E-state index in [1.54, 1.807) is 0 Å². The predicted molar refractivity (Wildman–Crippen MR) is 60.7 cm³/mol. The van der Waals surface area contributed by atoms with Crippen LogP contribution < -0.4 is 5.32 Å². The van der Waals surface area contributed by atoms with Crippen LogP contribution >= 0.6 is 0 Å². The largest absolute Gasteiger partial charge is 0.376 e. The zero-order valence-electron chi connectivity index (χ0n) is 9.08. The van der Waals surface area contributed by atoms with Crippen molar-refractivity contribution in [1.29, 1.82) is 0 Å². The van der Waals surface area contributed by atoms with Gasteiger partial charge in [0.05, 0.1) is 0 Å². The van der Waals surface area contributed by atoms with Crippen LogP contribution in [-0.4, -0.2) is 11.3 Å². The lowest BCUT2D eigenvalue weighted by atomic mass is 9.90. The summed E-state index contributed by atoms with van der Waals surface area (Å²) in [6.07, 6.45) is 2.84. The van der Waals surface area contributed by atoms with Crippen LogP contribution in [0.25, 0.3) is 0 Å². The molecule has 0 aliphatic carbocycles. The summed E-state index contributed by atoms with van der Waals surface area (Å²) in [5.74, 6) is 0.163. The fourth-order valence-corrected chi connectivity index (χ4v) is 1.95. The maximum atomic E-state index is 12.2. The highest BCUT2D eigenvalue weighted by atomic mass is 16.1. The van der Waals surface area contributed by atoms with Crippen molar-refractivity contribution < 1.29 is 4.79 Å². The van der Waals surface area contributed by atoms with Gasteiger partial charge in [-0.25, -0.2) is 0 Å². The number of benzene rings is 1. The molecule has 2 rings (SSSR count). The highest BCUT2D eigenvalue weighted by molar-refractivity contribution is 6.03. The third-order valence-electron chi connectivity index (χ3n) is 2.83. The minimum absolute atomic E-state index is 0.163. The molecule has 78 valence electrons. The first-order chi connectivity index (χ1) is 7.12. The van der Waals surface area contributed by atoms with Crippen molar-refractivity contribution in [1.82, 2.24) is 5.32 Å². The van der Waals surface area contributed by atoms with E-state index >= 15 is 0 Å². The molecule has 0 spiro atoms. The van der Waals surface area contributed by atoms with Gasteiger partial charge in [0.15, 0.2) is 5.78 Å². The second kappa shape index (κ2) is 3.54. The molecule has 1 aliphatic heterocycles. The molecule has 1 aromatic rings. The van der Waals surface area contributed by atoms with E-state index in [2.05, 4.69) is 11.4 Å². The Bertz CT molecular complexity index is 408. The molecule has 0 amide bonds. The van der Waals surface area contributed by atoms with Crippen LogP contribution in [0.15, 0.2) is 42.1 Å². The number of ketones is 1. The van der Waals surface area contributed by atoms with Gasteiger partial charge in [0.2, 0.25) is 0 Å². The molecule has 1 aliphatic rings. The molecule has 0 radical (unpaired) electrons. The molecule has 0 fully saturated rings. The number of allylic oxidation sites excluding steroid dienone is 1. The van der Waals surface area contributed by atoms with E-state index < -0.39 is 5.54 Å². The van der Waals surface area contributed by atoms with Gasteiger partial charge in [-0.15, -0.1) is 0 Å². The Morgan fingerprint density at radius 3 is 2.53 bits per heavy atom. The number of Topliss-reactive ketones (excluding diaryl/α,β-unsaturated/α-hetero) is 1. The van der Waals surface area contributed by atoms with E-state index in [4.69, 9.17) is 0 Å². The maximum Gasteiger partial charge on any atom is 0.188 e. The average Bonchev–Trinajstić information content (AvgIpc) is 2.60. The fraction of sp³-hybridized carbons (Fsp3) is 0.308. The first-order valence-corrected chi connectivity index (χ1v) is 5.17. The molecule has 15 heavy (non-hydrogen) atoms. The third kappa shape index (κ3) is 1.80. The van der Waals surface area contributed by atoms with E-state index in [0.717, 1.165) is 17.7 Å². The van der Waals surface area contributed by atoms with Crippen LogP contribution in [0.3, 0.4) is 0 Å². The predicted octanol–water partition coefficient (Wildman–Crippen LogP) is 2.53. The van der Waals surface area contributed by atoms with Crippen molar-refractivity contribution in [3.8, 4) is 0 Å². The number of carbonyl (C=O) groups excluding carboxylic acids is 1. The van der Waals surface area contributed by atoms with Crippen molar-refractivity contribution in [2.45, 2.75) is 25.8 Å². The van der Waals surface area contributed by atoms with Crippen LogP contribution in [0.1, 0.15) is 30.6 Å². The van der Waals surface area contributed by atoms with E-state index in [9.17, 15) is 4.79 Å². The molecule has 0 saturated carbocycles. The minimum atomic E-state index is -0.453. The summed E-state index contributed by atoms with van der Waals surface area (Å²) in [5.41, 5.74) is 1.41. The highest BCUT2D eigenvalue weighted by Crippen LogP contribution is 2.24. The molecule has 1 aromatic carbocycles. The topological polar surface area (TPSA) is 29.1 Å². The Morgan fingerprint density at radius 1 is 1.33 bits per heavy atom. The Labute approximate surface area is 90.0 Å². The van der Waals surface area contributed by atoms with Crippen LogP contribution in [0.5, 0.6) is 0 Å². The Morgan fingerprint density at radius 2 is 2.00 bits per heavy atom. The zero-order chi connectivity index (χ0) is 10.9. The van der Waals surface area contributed by atoms with Gasteiger partial charge in [-0.3, -0.25) is 4.79 Å². The molecule has 1 N–H and O–H groups in total. The van der Waals surface area contributed by atoms with Crippen LogP contribution in [0, 0.1) is 0 Å². The van der Waals surface area contributed by atoms with Crippen molar-refractivity contribution in [2.75, 3.05) is 0 Å². The van der Waals surface area contributed by atoms with Gasteiger partial charge < -0.3 is 5.32 Å². The molecule has 1 heterocycles. The van der Waals surface area contributed by atoms with Crippen LogP contribution in [-0.2, 0) is 0 Å². The number of hydrogen-bond acceptors (Lipinski definition) is 2. The molecule has 0 saturated heterocycles. The quantitative estimate of drug-likeness (QED) is 0.745. The molecule has 2 heteroatoms. The molecule has 2 nitrogen and oxygen atoms in total. The monoisotopic (exact) mass is 201 g/mol. The smallest absolute Gasteiger partial charge is 0.188 e. The lowest BCUT2D eigenvalue weighted by Crippen LogP contribution is -2.44. The summed E-state index contributed by atoms with van der Waals surface area (Å²) < 4.78 is 0. The molecule has 1 unspecified atom stereocenters. The van der Waals surface area contributed by atoms with Gasteiger partial charge in [0, 0.05) is 11.3 Å². The summed E-state index contributed by atoms with van der Waals surface area (Å²) in [7, 11) is 0. The van der Waals surface area contributed by atoms with Gasteiger partial charge in [-0.2, -0.15) is 0 Å². The standard InChI is InChI=1S/C13H15NO/c1-10-8-9-13(2,14-10)12(15)11-6-4-3-5-7-11/h3-8,14H,9H2,1-2H3. The number of nitrogens with one attached hydrogen (secondary N) is 1. The Hall–Kier alpha value is -1.57. The van der Waals surface area contributed by atoms with Crippen molar-refractivity contribution in [2.24, 2.45) is 0 Å². The third-order valence-corrected chi connectivity index (χ3v) is 2.83. The summed E-state index contributed by atoms with van der Waals surface area (Å²) >= 11 is 0. The van der Waals surface area contributed by atoms with Crippen molar-refractivity contribution >= 4 is 5.78 Å². The van der Waals surface area contributed by atoms with Gasteiger partial charge in [-0.05, 0) is 20.3 Å². The first-order valence-electron chi connectivity index (χ1n) is 5.17. The van der Waals surface area contributed by atoms with Gasteiger partial charge in [0.1, 0.15) is 5.54 Å².